The minimum atomic E-state index is -0.698. The summed E-state index contributed by atoms with van der Waals surface area (Å²) in [6.07, 6.45) is 0. The van der Waals surface area contributed by atoms with Crippen molar-refractivity contribution in [3.63, 3.8) is 0 Å². The van der Waals surface area contributed by atoms with Crippen molar-refractivity contribution in [2.45, 2.75) is 0 Å². The molecule has 0 fully saturated rings. The van der Waals surface area contributed by atoms with Gasteiger partial charge in [0.15, 0.2) is 0 Å². The van der Waals surface area contributed by atoms with E-state index in [0.29, 0.717) is 11.1 Å². The van der Waals surface area contributed by atoms with E-state index in [1.807, 2.05) is 0 Å². The quantitative estimate of drug-likeness (QED) is 0.507. The summed E-state index contributed by atoms with van der Waals surface area (Å²) in [4.78, 5) is 11.1. The van der Waals surface area contributed by atoms with Crippen LogP contribution in [0.3, 0.4) is 0 Å². The predicted molar refractivity (Wildman–Crippen MR) is 41.9 cm³/mol. The van der Waals surface area contributed by atoms with Crippen LogP contribution in [-0.2, 0) is 0 Å². The summed E-state index contributed by atoms with van der Waals surface area (Å²) in [5.41, 5.74) is 0.806. The molecule has 1 atom stereocenters. The van der Waals surface area contributed by atoms with Gasteiger partial charge in [-0.05, 0) is 12.1 Å². The Hall–Kier alpha value is -1.52. The van der Waals surface area contributed by atoms with Crippen molar-refractivity contribution in [3.05, 3.63) is 40.6 Å². The van der Waals surface area contributed by atoms with Gasteiger partial charge in [0.1, 0.15) is 0 Å². The molecule has 0 spiro atoms. The number of carbonyl (C=O) groups is 1. The van der Waals surface area contributed by atoms with Gasteiger partial charge >= 0.3 is 5.91 Å². The number of nitrogens with one attached hydrogen (secondary N) is 2. The third-order valence-corrected chi connectivity index (χ3v) is 1.87. The third kappa shape index (κ3) is 0.731. The molecule has 1 aliphatic heterocycles. The van der Waals surface area contributed by atoms with Crippen molar-refractivity contribution in [3.8, 4) is 0 Å². The van der Waals surface area contributed by atoms with Crippen molar-refractivity contribution >= 4 is 11.7 Å². The minimum absolute atomic E-state index is 0.185. The van der Waals surface area contributed by atoms with Crippen molar-refractivity contribution in [2.75, 3.05) is 0 Å². The summed E-state index contributed by atoms with van der Waals surface area (Å²) >= 11 is 0. The molecule has 0 aromatic heterocycles. The molecule has 1 unspecified atom stereocenters. The first-order valence-corrected chi connectivity index (χ1v) is 3.49. The summed E-state index contributed by atoms with van der Waals surface area (Å²) < 4.78 is 0. The fraction of sp³-hybridized carbons (Fsp3) is 0. The number of quaternary nitrogens is 1. The van der Waals surface area contributed by atoms with Crippen LogP contribution >= 0.6 is 0 Å². The molecule has 2 rings (SSSR count). The molecule has 1 aliphatic rings. The van der Waals surface area contributed by atoms with Crippen LogP contribution in [0, 0.1) is 10.6 Å². The molecule has 1 aromatic carbocycles. The summed E-state index contributed by atoms with van der Waals surface area (Å²) in [5, 5.41) is 17.6. The van der Waals surface area contributed by atoms with E-state index in [2.05, 4.69) is 0 Å². The molecule has 12 heavy (non-hydrogen) atoms. The van der Waals surface area contributed by atoms with Crippen LogP contribution in [0.5, 0.6) is 0 Å². The van der Waals surface area contributed by atoms with E-state index in [0.717, 1.165) is 0 Å². The lowest BCUT2D eigenvalue weighted by Crippen LogP contribution is -3.10. The van der Waals surface area contributed by atoms with Crippen molar-refractivity contribution in [1.29, 1.82) is 5.41 Å². The molecule has 1 amide bonds. The Morgan fingerprint density at radius 1 is 1.25 bits per heavy atom. The molecule has 4 nitrogen and oxygen atoms in total. The number of hydrogen-bond donors (Lipinski definition) is 2. The van der Waals surface area contributed by atoms with Crippen molar-refractivity contribution in [1.82, 2.24) is 0 Å². The van der Waals surface area contributed by atoms with Crippen molar-refractivity contribution < 1.29 is 9.86 Å². The van der Waals surface area contributed by atoms with Gasteiger partial charge in [-0.25, -0.2) is 10.2 Å². The number of carbonyl (C=O) groups excluding carboxylic acids is 1. The van der Waals surface area contributed by atoms with Crippen LogP contribution in [0.25, 0.3) is 0 Å². The molecule has 4 heteroatoms. The number of amides is 1. The Kier molecular flexibility index (Phi) is 1.33. The number of amidine groups is 1. The van der Waals surface area contributed by atoms with Crippen LogP contribution < -0.4 is 5.06 Å². The molecule has 0 radical (unpaired) electrons. The smallest absolute Gasteiger partial charge is 0.351 e. The Labute approximate surface area is 68.5 Å². The summed E-state index contributed by atoms with van der Waals surface area (Å²) in [7, 11) is 0. The molecule has 2 N–H and O–H groups in total. The van der Waals surface area contributed by atoms with Gasteiger partial charge in [-0.2, -0.15) is 0 Å². The Morgan fingerprint density at radius 2 is 1.83 bits per heavy atom. The van der Waals surface area contributed by atoms with E-state index in [4.69, 9.17) is 5.41 Å². The lowest BCUT2D eigenvalue weighted by atomic mass is 10.1. The van der Waals surface area contributed by atoms with E-state index in [1.165, 1.54) is 0 Å². The zero-order valence-corrected chi connectivity index (χ0v) is 6.13. The molecular weight excluding hydrogens is 156 g/mol. The zero-order valence-electron chi connectivity index (χ0n) is 6.13. The number of fused-ring (bicyclic) bond motifs is 1. The summed E-state index contributed by atoms with van der Waals surface area (Å²) in [6, 6.07) is 6.57. The monoisotopic (exact) mass is 162 g/mol. The first-order valence-electron chi connectivity index (χ1n) is 3.49. The number of hydrogen-bond acceptors (Lipinski definition) is 3. The maximum absolute atomic E-state index is 11.1. The van der Waals surface area contributed by atoms with E-state index in [1.54, 1.807) is 24.3 Å². The lowest BCUT2D eigenvalue weighted by Gasteiger charge is -2.09. The Balaban J connectivity index is 2.67. The second kappa shape index (κ2) is 2.23. The topological polar surface area (TPSA) is 68.4 Å². The Bertz CT molecular complexity index is 338. The number of rotatable bonds is 0. The molecule has 0 saturated carbocycles. The second-order valence-electron chi connectivity index (χ2n) is 2.58. The third-order valence-electron chi connectivity index (χ3n) is 1.87. The van der Waals surface area contributed by atoms with Gasteiger partial charge in [0, 0.05) is 0 Å². The fourth-order valence-electron chi connectivity index (χ4n) is 1.26. The SMILES string of the molecule is N=C1c2ccccc2C(=O)[NH+]1[O-]. The highest BCUT2D eigenvalue weighted by molar-refractivity contribution is 6.12. The van der Waals surface area contributed by atoms with Gasteiger partial charge in [0.05, 0.1) is 11.1 Å². The lowest BCUT2D eigenvalue weighted by molar-refractivity contribution is -0.645. The van der Waals surface area contributed by atoms with E-state index in [-0.39, 0.29) is 5.84 Å². The van der Waals surface area contributed by atoms with Crippen molar-refractivity contribution in [2.24, 2.45) is 0 Å². The zero-order chi connectivity index (χ0) is 8.72. The van der Waals surface area contributed by atoms with E-state index in [9.17, 15) is 10.0 Å². The van der Waals surface area contributed by atoms with Gasteiger partial charge in [-0.3, -0.25) is 5.06 Å². The number of benzene rings is 1. The first kappa shape index (κ1) is 7.15. The summed E-state index contributed by atoms with van der Waals surface area (Å²) in [5.74, 6) is -0.744. The van der Waals surface area contributed by atoms with Crippen LogP contribution in [0.4, 0.5) is 0 Å². The maximum atomic E-state index is 11.1. The molecule has 1 aromatic rings. The number of hydroxylamine groups is 2. The largest absolute Gasteiger partial charge is 0.620 e. The van der Waals surface area contributed by atoms with Gasteiger partial charge in [0.25, 0.3) is 0 Å². The van der Waals surface area contributed by atoms with Crippen LogP contribution in [0.15, 0.2) is 24.3 Å². The van der Waals surface area contributed by atoms with E-state index >= 15 is 0 Å². The van der Waals surface area contributed by atoms with Gasteiger partial charge < -0.3 is 5.21 Å². The molecular formula is C8H6N2O2. The Morgan fingerprint density at radius 3 is 2.42 bits per heavy atom. The first-order chi connectivity index (χ1) is 5.72. The van der Waals surface area contributed by atoms with Crippen LogP contribution in [0.1, 0.15) is 15.9 Å². The standard InChI is InChI=1S/C8H6N2O2/c9-7-5-3-1-2-4-6(5)8(11)10(7)12/h1-4,9-10H. The molecule has 0 bridgehead atoms. The highest BCUT2D eigenvalue weighted by atomic mass is 16.5. The average Bonchev–Trinajstić information content (AvgIpc) is 2.33. The highest BCUT2D eigenvalue weighted by Crippen LogP contribution is 2.10. The average molecular weight is 162 g/mol. The van der Waals surface area contributed by atoms with Crippen LogP contribution in [0.2, 0.25) is 0 Å². The minimum Gasteiger partial charge on any atom is -0.620 e. The molecule has 0 aliphatic carbocycles. The fourth-order valence-corrected chi connectivity index (χ4v) is 1.26. The van der Waals surface area contributed by atoms with Crippen LogP contribution in [-0.4, -0.2) is 11.7 Å². The maximum Gasteiger partial charge on any atom is 0.351 e. The van der Waals surface area contributed by atoms with Gasteiger partial charge in [0.2, 0.25) is 5.84 Å². The molecule has 60 valence electrons. The molecule has 0 saturated heterocycles. The predicted octanol–water partition coefficient (Wildman–Crippen LogP) is -0.452. The van der Waals surface area contributed by atoms with E-state index < -0.39 is 11.0 Å². The van der Waals surface area contributed by atoms with Gasteiger partial charge in [-0.1, -0.05) is 12.1 Å². The normalized spacial score (nSPS) is 21.2. The summed E-state index contributed by atoms with van der Waals surface area (Å²) in [6.45, 7) is 0. The second-order valence-corrected chi connectivity index (χ2v) is 2.58. The molecule has 1 heterocycles. The van der Waals surface area contributed by atoms with Gasteiger partial charge in [-0.15, -0.1) is 0 Å². The highest BCUT2D eigenvalue weighted by Gasteiger charge is 2.32.